The Labute approximate surface area is 263 Å². The molecule has 12 heteroatoms. The highest BCUT2D eigenvalue weighted by Crippen LogP contribution is 2.31. The average molecular weight is 710 g/mol. The quantitative estimate of drug-likeness (QED) is 0.256. The molecule has 0 bridgehead atoms. The van der Waals surface area contributed by atoms with E-state index in [-0.39, 0.29) is 36.9 Å². The molecule has 10 nitrogen and oxygen atoms in total. The Morgan fingerprint density at radius 1 is 0.667 bits per heavy atom. The third-order valence-corrected chi connectivity index (χ3v) is 8.32. The Morgan fingerprint density at radius 2 is 1.02 bits per heavy atom. The molecule has 4 N–H and O–H groups in total. The predicted octanol–water partition coefficient (Wildman–Crippen LogP) is 5.02. The standard InChI is InChI=1S/C30H38Br2N4O6/c1-17(2)21-9-11-25(23(31)13-21)41-15-27(37)33-35-29(39)19-5-7-20(8-6-19)30(40)36-34-28(38)16-42-26-12-10-22(18(3)4)14-24(26)32/h9-14,17-20H,5-8,15-16H2,1-4H3,(H,33,37)(H,34,38)(H,35,39)(H,36,40). The van der Waals surface area contributed by atoms with Crippen LogP contribution in [0.5, 0.6) is 11.5 Å². The van der Waals surface area contributed by atoms with Gasteiger partial charge in [0.05, 0.1) is 8.95 Å². The molecule has 0 atom stereocenters. The van der Waals surface area contributed by atoms with Gasteiger partial charge in [0.1, 0.15) is 11.5 Å². The molecule has 0 radical (unpaired) electrons. The average Bonchev–Trinajstić information content (AvgIpc) is 2.97. The fourth-order valence-electron chi connectivity index (χ4n) is 4.43. The molecule has 0 unspecified atom stereocenters. The zero-order chi connectivity index (χ0) is 30.8. The number of nitrogens with one attached hydrogen (secondary N) is 4. The molecular weight excluding hydrogens is 672 g/mol. The van der Waals surface area contributed by atoms with E-state index in [1.54, 1.807) is 12.1 Å². The van der Waals surface area contributed by atoms with E-state index >= 15 is 0 Å². The number of hydrogen-bond donors (Lipinski definition) is 4. The topological polar surface area (TPSA) is 135 Å². The van der Waals surface area contributed by atoms with Gasteiger partial charge in [0.15, 0.2) is 13.2 Å². The molecule has 4 amide bonds. The van der Waals surface area contributed by atoms with Gasteiger partial charge in [0.2, 0.25) is 11.8 Å². The molecule has 1 aliphatic rings. The van der Waals surface area contributed by atoms with Crippen LogP contribution in [-0.2, 0) is 19.2 Å². The molecular formula is C30H38Br2N4O6. The van der Waals surface area contributed by atoms with E-state index in [2.05, 4.69) is 81.3 Å². The molecule has 3 rings (SSSR count). The normalized spacial score (nSPS) is 16.5. The number of rotatable bonds is 10. The summed E-state index contributed by atoms with van der Waals surface area (Å²) in [5, 5.41) is 0. The van der Waals surface area contributed by atoms with Gasteiger partial charge in [-0.05, 0) is 105 Å². The zero-order valence-corrected chi connectivity index (χ0v) is 27.4. The molecule has 0 heterocycles. The van der Waals surface area contributed by atoms with Crippen LogP contribution in [0.15, 0.2) is 45.3 Å². The lowest BCUT2D eigenvalue weighted by atomic mass is 9.81. The fourth-order valence-corrected chi connectivity index (χ4v) is 5.45. The fraction of sp³-hybridized carbons (Fsp3) is 0.467. The molecule has 1 saturated carbocycles. The third kappa shape index (κ3) is 10.0. The highest BCUT2D eigenvalue weighted by Gasteiger charge is 2.30. The number of carbonyl (C=O) groups excluding carboxylic acids is 4. The first-order chi connectivity index (χ1) is 19.9. The molecule has 228 valence electrons. The van der Waals surface area contributed by atoms with E-state index in [1.807, 2.05) is 24.3 Å². The van der Waals surface area contributed by atoms with Crippen molar-refractivity contribution >= 4 is 55.5 Å². The first-order valence-corrected chi connectivity index (χ1v) is 15.5. The second-order valence-corrected chi connectivity index (χ2v) is 12.6. The van der Waals surface area contributed by atoms with E-state index in [1.165, 1.54) is 0 Å². The van der Waals surface area contributed by atoms with Crippen molar-refractivity contribution in [2.45, 2.75) is 65.2 Å². The molecule has 0 aliphatic heterocycles. The number of carbonyl (C=O) groups is 4. The maximum atomic E-state index is 12.5. The van der Waals surface area contributed by atoms with Gasteiger partial charge in [0.25, 0.3) is 11.8 Å². The lowest BCUT2D eigenvalue weighted by Gasteiger charge is -2.27. The minimum Gasteiger partial charge on any atom is -0.483 e. The predicted molar refractivity (Wildman–Crippen MR) is 165 cm³/mol. The highest BCUT2D eigenvalue weighted by atomic mass is 79.9. The Morgan fingerprint density at radius 3 is 1.33 bits per heavy atom. The first-order valence-electron chi connectivity index (χ1n) is 14.0. The van der Waals surface area contributed by atoms with Gasteiger partial charge in [-0.2, -0.15) is 0 Å². The monoisotopic (exact) mass is 708 g/mol. The lowest BCUT2D eigenvalue weighted by molar-refractivity contribution is -0.135. The van der Waals surface area contributed by atoms with Crippen LogP contribution in [0.3, 0.4) is 0 Å². The molecule has 2 aromatic carbocycles. The van der Waals surface area contributed by atoms with Crippen molar-refractivity contribution in [3.8, 4) is 11.5 Å². The number of hydrazine groups is 2. The van der Waals surface area contributed by atoms with Crippen molar-refractivity contribution in [1.82, 2.24) is 21.7 Å². The van der Waals surface area contributed by atoms with Crippen LogP contribution in [0.2, 0.25) is 0 Å². The summed E-state index contributed by atoms with van der Waals surface area (Å²) in [5.74, 6) is -0.487. The van der Waals surface area contributed by atoms with Gasteiger partial charge in [-0.3, -0.25) is 40.9 Å². The summed E-state index contributed by atoms with van der Waals surface area (Å²) in [6.45, 7) is 7.84. The van der Waals surface area contributed by atoms with E-state index in [0.717, 1.165) is 20.1 Å². The van der Waals surface area contributed by atoms with E-state index in [0.29, 0.717) is 49.0 Å². The summed E-state index contributed by atoms with van der Waals surface area (Å²) in [7, 11) is 0. The van der Waals surface area contributed by atoms with Crippen LogP contribution in [-0.4, -0.2) is 36.8 Å². The summed E-state index contributed by atoms with van der Waals surface area (Å²) >= 11 is 6.90. The third-order valence-electron chi connectivity index (χ3n) is 7.08. The first kappa shape index (κ1) is 33.4. The molecule has 42 heavy (non-hydrogen) atoms. The Bertz CT molecular complexity index is 1180. The van der Waals surface area contributed by atoms with E-state index in [4.69, 9.17) is 9.47 Å². The van der Waals surface area contributed by atoms with Gasteiger partial charge in [-0.1, -0.05) is 39.8 Å². The minimum atomic E-state index is -0.490. The second-order valence-electron chi connectivity index (χ2n) is 10.9. The summed E-state index contributed by atoms with van der Waals surface area (Å²) in [6, 6.07) is 11.4. The number of hydrogen-bond acceptors (Lipinski definition) is 6. The van der Waals surface area contributed by atoms with Crippen molar-refractivity contribution < 1.29 is 28.7 Å². The van der Waals surface area contributed by atoms with Gasteiger partial charge in [-0.15, -0.1) is 0 Å². The minimum absolute atomic E-state index is 0.259. The van der Waals surface area contributed by atoms with E-state index < -0.39 is 11.8 Å². The van der Waals surface area contributed by atoms with Crippen LogP contribution >= 0.6 is 31.9 Å². The largest absolute Gasteiger partial charge is 0.483 e. The maximum absolute atomic E-state index is 12.5. The molecule has 1 aliphatic carbocycles. The summed E-state index contributed by atoms with van der Waals surface area (Å²) in [4.78, 5) is 49.4. The molecule has 1 fully saturated rings. The van der Waals surface area contributed by atoms with Gasteiger partial charge < -0.3 is 9.47 Å². The smallest absolute Gasteiger partial charge is 0.276 e. The van der Waals surface area contributed by atoms with E-state index in [9.17, 15) is 19.2 Å². The number of benzene rings is 2. The van der Waals surface area contributed by atoms with Crippen LogP contribution in [0.1, 0.15) is 76.3 Å². The zero-order valence-electron chi connectivity index (χ0n) is 24.2. The SMILES string of the molecule is CC(C)c1ccc(OCC(=O)NNC(=O)C2CCC(C(=O)NNC(=O)COc3ccc(C(C)C)cc3Br)CC2)c(Br)c1. The Kier molecular flexibility index (Phi) is 12.7. The van der Waals surface area contributed by atoms with Gasteiger partial charge in [-0.25, -0.2) is 0 Å². The number of ether oxygens (including phenoxy) is 2. The molecule has 0 spiro atoms. The Hall–Kier alpha value is -3.12. The summed E-state index contributed by atoms with van der Waals surface area (Å²) < 4.78 is 12.6. The van der Waals surface area contributed by atoms with Crippen LogP contribution in [0.4, 0.5) is 0 Å². The maximum Gasteiger partial charge on any atom is 0.276 e. The van der Waals surface area contributed by atoms with Crippen LogP contribution < -0.4 is 31.2 Å². The van der Waals surface area contributed by atoms with Crippen molar-refractivity contribution in [3.05, 3.63) is 56.5 Å². The van der Waals surface area contributed by atoms with Crippen molar-refractivity contribution in [2.24, 2.45) is 11.8 Å². The van der Waals surface area contributed by atoms with Gasteiger partial charge in [0, 0.05) is 11.8 Å². The van der Waals surface area contributed by atoms with Crippen LogP contribution in [0, 0.1) is 11.8 Å². The van der Waals surface area contributed by atoms with Crippen molar-refractivity contribution in [2.75, 3.05) is 13.2 Å². The number of amides is 4. The van der Waals surface area contributed by atoms with Crippen molar-refractivity contribution in [3.63, 3.8) is 0 Å². The molecule has 0 aromatic heterocycles. The number of halogens is 2. The van der Waals surface area contributed by atoms with Crippen molar-refractivity contribution in [1.29, 1.82) is 0 Å². The lowest BCUT2D eigenvalue weighted by Crippen LogP contribution is -2.48. The van der Waals surface area contributed by atoms with Crippen LogP contribution in [0.25, 0.3) is 0 Å². The summed E-state index contributed by atoms with van der Waals surface area (Å²) in [6.07, 6.45) is 1.90. The Balaban J connectivity index is 1.32. The van der Waals surface area contributed by atoms with Gasteiger partial charge >= 0.3 is 0 Å². The molecule has 0 saturated heterocycles. The highest BCUT2D eigenvalue weighted by molar-refractivity contribution is 9.10. The molecule has 2 aromatic rings. The summed E-state index contributed by atoms with van der Waals surface area (Å²) in [5.41, 5.74) is 11.9. The second kappa shape index (κ2) is 15.9.